The Labute approximate surface area is 115 Å². The first-order chi connectivity index (χ1) is 8.79. The zero-order valence-corrected chi connectivity index (χ0v) is 11.8. The molecular weight excluding hydrogens is 244 g/mol. The molecule has 1 rings (SSSR count). The summed E-state index contributed by atoms with van der Waals surface area (Å²) in [5.74, 6) is 0. The van der Waals surface area contributed by atoms with Crippen LogP contribution in [0.3, 0.4) is 0 Å². The molecule has 2 nitrogen and oxygen atoms in total. The SMILES string of the molecule is CC[N-]C=CC=C1CCCC(C=CC=NC)=C1Cl. The standard InChI is InChI=1S/C15H20ClN2/c1-3-18-12-6-10-14-8-4-7-13(15(14)16)9-5-11-17-2/h5-6,9-12H,3-4,7-8H2,1-2H3/q-1. The molecule has 0 heterocycles. The van der Waals surface area contributed by atoms with E-state index in [4.69, 9.17) is 11.6 Å². The van der Waals surface area contributed by atoms with Gasteiger partial charge in [0, 0.05) is 18.3 Å². The lowest BCUT2D eigenvalue weighted by Crippen LogP contribution is -1.97. The molecule has 3 heteroatoms. The van der Waals surface area contributed by atoms with Gasteiger partial charge in [-0.05, 0) is 36.5 Å². The molecule has 98 valence electrons. The molecule has 0 unspecified atom stereocenters. The summed E-state index contributed by atoms with van der Waals surface area (Å²) in [6.07, 6.45) is 14.8. The zero-order chi connectivity index (χ0) is 13.2. The highest BCUT2D eigenvalue weighted by atomic mass is 35.5. The molecule has 0 spiro atoms. The van der Waals surface area contributed by atoms with Crippen LogP contribution in [0.5, 0.6) is 0 Å². The van der Waals surface area contributed by atoms with E-state index in [1.165, 1.54) is 11.1 Å². The molecule has 0 radical (unpaired) electrons. The van der Waals surface area contributed by atoms with Crippen molar-refractivity contribution in [3.05, 3.63) is 52.0 Å². The molecule has 0 amide bonds. The van der Waals surface area contributed by atoms with E-state index in [0.717, 1.165) is 30.8 Å². The molecular formula is C15H20ClN2-. The molecule has 1 aliphatic carbocycles. The Balaban J connectivity index is 2.78. The highest BCUT2D eigenvalue weighted by molar-refractivity contribution is 6.32. The third kappa shape index (κ3) is 4.92. The molecule has 0 saturated heterocycles. The lowest BCUT2D eigenvalue weighted by Gasteiger charge is -2.16. The van der Waals surface area contributed by atoms with Gasteiger partial charge in [-0.2, -0.15) is 6.20 Å². The van der Waals surface area contributed by atoms with E-state index in [-0.39, 0.29) is 0 Å². The molecule has 0 atom stereocenters. The van der Waals surface area contributed by atoms with E-state index in [1.54, 1.807) is 13.3 Å². The van der Waals surface area contributed by atoms with Crippen molar-refractivity contribution < 1.29 is 0 Å². The first kappa shape index (κ1) is 14.8. The maximum absolute atomic E-state index is 6.39. The number of rotatable bonds is 5. The van der Waals surface area contributed by atoms with Crippen LogP contribution >= 0.6 is 11.6 Å². The summed E-state index contributed by atoms with van der Waals surface area (Å²) in [5, 5.41) is 5.02. The molecule has 0 N–H and O–H groups in total. The van der Waals surface area contributed by atoms with Gasteiger partial charge >= 0.3 is 0 Å². The van der Waals surface area contributed by atoms with Gasteiger partial charge in [-0.1, -0.05) is 36.8 Å². The Hall–Kier alpha value is -1.28. The third-order valence-corrected chi connectivity index (χ3v) is 3.15. The number of hydrogen-bond donors (Lipinski definition) is 0. The van der Waals surface area contributed by atoms with Gasteiger partial charge in [-0.25, -0.2) is 0 Å². The molecule has 18 heavy (non-hydrogen) atoms. The van der Waals surface area contributed by atoms with Crippen LogP contribution in [0.15, 0.2) is 51.7 Å². The number of nitrogens with zero attached hydrogens (tertiary/aromatic N) is 2. The molecule has 0 aromatic carbocycles. The van der Waals surface area contributed by atoms with Gasteiger partial charge in [0.2, 0.25) is 0 Å². The quantitative estimate of drug-likeness (QED) is 0.640. The number of halogens is 1. The largest absolute Gasteiger partial charge is 0.691 e. The summed E-state index contributed by atoms with van der Waals surface area (Å²) < 4.78 is 0. The zero-order valence-electron chi connectivity index (χ0n) is 11.1. The minimum absolute atomic E-state index is 0.813. The van der Waals surface area contributed by atoms with Crippen molar-refractivity contribution in [1.29, 1.82) is 0 Å². The molecule has 0 aromatic heterocycles. The molecule has 0 bridgehead atoms. The van der Waals surface area contributed by atoms with Gasteiger partial charge < -0.3 is 5.32 Å². The van der Waals surface area contributed by atoms with E-state index in [0.29, 0.717) is 0 Å². The highest BCUT2D eigenvalue weighted by Gasteiger charge is 2.12. The van der Waals surface area contributed by atoms with Crippen molar-refractivity contribution in [3.8, 4) is 0 Å². The average molecular weight is 264 g/mol. The van der Waals surface area contributed by atoms with Crippen molar-refractivity contribution in [3.63, 3.8) is 0 Å². The molecule has 0 aliphatic heterocycles. The van der Waals surface area contributed by atoms with Crippen LogP contribution < -0.4 is 0 Å². The Morgan fingerprint density at radius 1 is 1.33 bits per heavy atom. The minimum atomic E-state index is 0.813. The predicted octanol–water partition coefficient (Wildman–Crippen LogP) is 4.75. The van der Waals surface area contributed by atoms with Crippen molar-refractivity contribution in [1.82, 2.24) is 0 Å². The van der Waals surface area contributed by atoms with Crippen molar-refractivity contribution in [2.24, 2.45) is 4.99 Å². The van der Waals surface area contributed by atoms with Gasteiger partial charge in [0.15, 0.2) is 0 Å². The maximum atomic E-state index is 6.39. The topological polar surface area (TPSA) is 26.5 Å². The molecule has 0 fully saturated rings. The normalized spacial score (nSPS) is 19.8. The highest BCUT2D eigenvalue weighted by Crippen LogP contribution is 2.32. The first-order valence-corrected chi connectivity index (χ1v) is 6.67. The average Bonchev–Trinajstić information content (AvgIpc) is 2.38. The van der Waals surface area contributed by atoms with Crippen LogP contribution in [0.25, 0.3) is 5.32 Å². The van der Waals surface area contributed by atoms with E-state index >= 15 is 0 Å². The monoisotopic (exact) mass is 263 g/mol. The van der Waals surface area contributed by atoms with E-state index < -0.39 is 0 Å². The second kappa shape index (κ2) is 8.76. The fraction of sp³-hybridized carbons (Fsp3) is 0.400. The molecule has 0 saturated carbocycles. The summed E-state index contributed by atoms with van der Waals surface area (Å²) in [5.41, 5.74) is 2.38. The number of hydrogen-bond acceptors (Lipinski definition) is 1. The Morgan fingerprint density at radius 3 is 2.89 bits per heavy atom. The van der Waals surface area contributed by atoms with Crippen molar-refractivity contribution >= 4 is 17.8 Å². The van der Waals surface area contributed by atoms with E-state index in [2.05, 4.69) is 16.4 Å². The van der Waals surface area contributed by atoms with Crippen LogP contribution in [0.4, 0.5) is 0 Å². The van der Waals surface area contributed by atoms with Crippen LogP contribution in [0.2, 0.25) is 0 Å². The summed E-state index contributed by atoms with van der Waals surface area (Å²) >= 11 is 6.39. The lowest BCUT2D eigenvalue weighted by atomic mass is 9.94. The Bertz CT molecular complexity index is 401. The van der Waals surface area contributed by atoms with Gasteiger partial charge in [0.1, 0.15) is 0 Å². The maximum Gasteiger partial charge on any atom is 0.0469 e. The summed E-state index contributed by atoms with van der Waals surface area (Å²) in [4.78, 5) is 3.92. The predicted molar refractivity (Wildman–Crippen MR) is 81.4 cm³/mol. The van der Waals surface area contributed by atoms with E-state index in [9.17, 15) is 0 Å². The smallest absolute Gasteiger partial charge is 0.0469 e. The van der Waals surface area contributed by atoms with Crippen LogP contribution in [-0.2, 0) is 0 Å². The fourth-order valence-corrected chi connectivity index (χ4v) is 2.09. The fourth-order valence-electron chi connectivity index (χ4n) is 1.78. The summed E-state index contributed by atoms with van der Waals surface area (Å²) in [7, 11) is 1.76. The Morgan fingerprint density at radius 2 is 2.17 bits per heavy atom. The number of aliphatic imine (C=N–C) groups is 1. The second-order valence-electron chi connectivity index (χ2n) is 3.99. The van der Waals surface area contributed by atoms with Gasteiger partial charge in [0.25, 0.3) is 0 Å². The van der Waals surface area contributed by atoms with Gasteiger partial charge in [-0.15, -0.1) is 6.54 Å². The summed E-state index contributed by atoms with van der Waals surface area (Å²) in [6, 6.07) is 0. The van der Waals surface area contributed by atoms with Crippen LogP contribution in [0, 0.1) is 0 Å². The molecule has 0 aromatic rings. The Kier molecular flexibility index (Phi) is 7.19. The first-order valence-electron chi connectivity index (χ1n) is 6.29. The van der Waals surface area contributed by atoms with Crippen LogP contribution in [0.1, 0.15) is 26.2 Å². The van der Waals surface area contributed by atoms with Crippen molar-refractivity contribution in [2.45, 2.75) is 26.2 Å². The number of allylic oxidation sites excluding steroid dienone is 7. The van der Waals surface area contributed by atoms with Crippen molar-refractivity contribution in [2.75, 3.05) is 13.6 Å². The van der Waals surface area contributed by atoms with Gasteiger partial charge in [-0.3, -0.25) is 4.99 Å². The van der Waals surface area contributed by atoms with Gasteiger partial charge in [0.05, 0.1) is 0 Å². The second-order valence-corrected chi connectivity index (χ2v) is 4.37. The van der Waals surface area contributed by atoms with Crippen LogP contribution in [-0.4, -0.2) is 19.8 Å². The third-order valence-electron chi connectivity index (χ3n) is 2.66. The molecule has 1 aliphatic rings. The summed E-state index contributed by atoms with van der Waals surface area (Å²) in [6.45, 7) is 2.83. The minimum Gasteiger partial charge on any atom is -0.691 e. The lowest BCUT2D eigenvalue weighted by molar-refractivity contribution is 0.792. The van der Waals surface area contributed by atoms with E-state index in [1.807, 2.05) is 31.4 Å².